The van der Waals surface area contributed by atoms with Crippen molar-refractivity contribution in [2.75, 3.05) is 6.61 Å². The molecule has 0 heterocycles. The lowest BCUT2D eigenvalue weighted by atomic mass is 10.0. The minimum atomic E-state index is -3.96. The molecule has 31 heavy (non-hydrogen) atoms. The van der Waals surface area contributed by atoms with E-state index >= 15 is 0 Å². The maximum atomic E-state index is 12.6. The average molecular weight is 443 g/mol. The van der Waals surface area contributed by atoms with E-state index in [1.807, 2.05) is 13.0 Å². The first-order valence-corrected chi connectivity index (χ1v) is 11.4. The molecule has 1 amide bonds. The number of nitrogens with one attached hydrogen (secondary N) is 1. The quantitative estimate of drug-likeness (QED) is 0.702. The highest BCUT2D eigenvalue weighted by Crippen LogP contribution is 2.38. The highest BCUT2D eigenvalue weighted by Gasteiger charge is 2.37. The van der Waals surface area contributed by atoms with Gasteiger partial charge in [-0.2, -0.15) is 13.7 Å². The molecule has 0 saturated carbocycles. The first-order chi connectivity index (χ1) is 14.5. The number of benzene rings is 2. The van der Waals surface area contributed by atoms with Crippen LogP contribution >= 0.6 is 0 Å². The van der Waals surface area contributed by atoms with Gasteiger partial charge in [0.2, 0.25) is 0 Å². The zero-order valence-corrected chi connectivity index (χ0v) is 18.8. The molecule has 2 aromatic rings. The van der Waals surface area contributed by atoms with Crippen molar-refractivity contribution in [1.29, 1.82) is 5.26 Å². The Labute approximate surface area is 183 Å². The second-order valence-corrected chi connectivity index (χ2v) is 10.2. The lowest BCUT2D eigenvalue weighted by Gasteiger charge is -2.25. The lowest BCUT2D eigenvalue weighted by Crippen LogP contribution is -2.37. The number of aryl methyl sites for hydroxylation is 1. The Kier molecular flexibility index (Phi) is 6.39. The third-order valence-corrected chi connectivity index (χ3v) is 6.32. The normalized spacial score (nSPS) is 18.2. The monoisotopic (exact) mass is 442 g/mol. The molecule has 2 aromatic carbocycles. The van der Waals surface area contributed by atoms with Gasteiger partial charge in [-0.05, 0) is 63.4 Å². The van der Waals surface area contributed by atoms with Crippen molar-refractivity contribution in [2.45, 2.75) is 50.7 Å². The van der Waals surface area contributed by atoms with Crippen molar-refractivity contribution in [2.24, 2.45) is 5.92 Å². The number of amides is 1. The fourth-order valence-electron chi connectivity index (χ4n) is 3.60. The summed E-state index contributed by atoms with van der Waals surface area (Å²) in [5.41, 5.74) is 2.31. The highest BCUT2D eigenvalue weighted by atomic mass is 32.2. The summed E-state index contributed by atoms with van der Waals surface area (Å²) in [5.74, 6) is -0.378. The number of ether oxygens (including phenoxy) is 1. The minimum Gasteiger partial charge on any atom is -0.444 e. The summed E-state index contributed by atoms with van der Waals surface area (Å²) in [6.07, 6.45) is -0.206. The Hall–Kier alpha value is -2.89. The fourth-order valence-corrected chi connectivity index (χ4v) is 4.56. The van der Waals surface area contributed by atoms with Crippen LogP contribution in [0.2, 0.25) is 0 Å². The Morgan fingerprint density at radius 1 is 1.19 bits per heavy atom. The number of nitrogens with zero attached hydrogens (tertiary/aromatic N) is 1. The molecular weight excluding hydrogens is 416 g/mol. The molecule has 0 radical (unpaired) electrons. The van der Waals surface area contributed by atoms with E-state index in [4.69, 9.17) is 8.92 Å². The molecule has 0 aromatic heterocycles. The van der Waals surface area contributed by atoms with Crippen molar-refractivity contribution in [3.05, 3.63) is 64.7 Å². The van der Waals surface area contributed by atoms with Crippen LogP contribution in [-0.2, 0) is 25.5 Å². The van der Waals surface area contributed by atoms with Gasteiger partial charge < -0.3 is 10.1 Å². The van der Waals surface area contributed by atoms with Crippen LogP contribution in [0.3, 0.4) is 0 Å². The fraction of sp³-hybridized carbons (Fsp3) is 0.391. The molecule has 0 aliphatic heterocycles. The van der Waals surface area contributed by atoms with Gasteiger partial charge in [0.1, 0.15) is 5.60 Å². The number of carbonyl (C=O) groups is 1. The lowest BCUT2D eigenvalue weighted by molar-refractivity contribution is 0.0481. The Morgan fingerprint density at radius 3 is 2.48 bits per heavy atom. The van der Waals surface area contributed by atoms with Crippen LogP contribution < -0.4 is 5.32 Å². The van der Waals surface area contributed by atoms with Gasteiger partial charge in [0.05, 0.1) is 29.2 Å². The summed E-state index contributed by atoms with van der Waals surface area (Å²) in [6.45, 7) is 7.01. The molecule has 1 aliphatic carbocycles. The van der Waals surface area contributed by atoms with Crippen molar-refractivity contribution in [3.63, 3.8) is 0 Å². The van der Waals surface area contributed by atoms with Crippen molar-refractivity contribution < 1.29 is 22.1 Å². The zero-order valence-electron chi connectivity index (χ0n) is 18.0. The van der Waals surface area contributed by atoms with E-state index in [-0.39, 0.29) is 17.4 Å². The summed E-state index contributed by atoms with van der Waals surface area (Å²) in [7, 11) is -3.96. The third kappa shape index (κ3) is 5.43. The van der Waals surface area contributed by atoms with Crippen LogP contribution in [0.5, 0.6) is 0 Å². The standard InChI is InChI=1S/C23H26N2O5S/c1-15-8-10-18(11-9-15)31(27,28)29-14-17-12-20-16(13-24)6-5-7-19(20)21(17)25-22(26)30-23(2,3)4/h5-11,17,21H,12,14H2,1-4H3,(H,25,26)/t17-,21-/m1/s1. The van der Waals surface area contributed by atoms with Gasteiger partial charge in [0, 0.05) is 5.92 Å². The Morgan fingerprint density at radius 2 is 1.87 bits per heavy atom. The maximum absolute atomic E-state index is 12.6. The molecule has 0 fully saturated rings. The second kappa shape index (κ2) is 8.69. The predicted molar refractivity (Wildman–Crippen MR) is 115 cm³/mol. The van der Waals surface area contributed by atoms with Gasteiger partial charge in [-0.15, -0.1) is 0 Å². The Bertz CT molecular complexity index is 1110. The zero-order chi connectivity index (χ0) is 22.8. The number of hydrogen-bond donors (Lipinski definition) is 1. The van der Waals surface area contributed by atoms with E-state index < -0.39 is 27.9 Å². The van der Waals surface area contributed by atoms with E-state index in [0.29, 0.717) is 12.0 Å². The molecule has 0 spiro atoms. The highest BCUT2D eigenvalue weighted by molar-refractivity contribution is 7.86. The molecule has 0 saturated heterocycles. The number of carbonyl (C=O) groups excluding carboxylic acids is 1. The van der Waals surface area contributed by atoms with Crippen molar-refractivity contribution >= 4 is 16.2 Å². The molecule has 0 bridgehead atoms. The topological polar surface area (TPSA) is 105 Å². The van der Waals surface area contributed by atoms with E-state index in [1.165, 1.54) is 12.1 Å². The van der Waals surface area contributed by atoms with Crippen LogP contribution in [0.1, 0.15) is 49.1 Å². The molecule has 164 valence electrons. The van der Waals surface area contributed by atoms with Crippen LogP contribution in [0.25, 0.3) is 0 Å². The molecular formula is C23H26N2O5S. The van der Waals surface area contributed by atoms with Crippen LogP contribution in [-0.4, -0.2) is 26.7 Å². The maximum Gasteiger partial charge on any atom is 0.408 e. The summed E-state index contributed by atoms with van der Waals surface area (Å²) in [5, 5.41) is 12.3. The molecule has 3 rings (SSSR count). The summed E-state index contributed by atoms with van der Waals surface area (Å²) < 4.78 is 36.0. The summed E-state index contributed by atoms with van der Waals surface area (Å²) >= 11 is 0. The predicted octanol–water partition coefficient (Wildman–Crippen LogP) is 4.01. The third-order valence-electron chi connectivity index (χ3n) is 5.02. The van der Waals surface area contributed by atoms with Crippen molar-refractivity contribution in [3.8, 4) is 6.07 Å². The average Bonchev–Trinajstić information content (AvgIpc) is 3.03. The molecule has 2 atom stereocenters. The number of rotatable bonds is 5. The molecule has 1 N–H and O–H groups in total. The van der Waals surface area contributed by atoms with E-state index in [2.05, 4.69) is 11.4 Å². The smallest absolute Gasteiger partial charge is 0.408 e. The van der Waals surface area contributed by atoms with Crippen LogP contribution in [0, 0.1) is 24.2 Å². The van der Waals surface area contributed by atoms with Gasteiger partial charge in [-0.3, -0.25) is 4.18 Å². The summed E-state index contributed by atoms with van der Waals surface area (Å²) in [6, 6.07) is 13.3. The first-order valence-electron chi connectivity index (χ1n) is 9.97. The van der Waals surface area contributed by atoms with Crippen LogP contribution in [0.4, 0.5) is 4.79 Å². The van der Waals surface area contributed by atoms with Gasteiger partial charge in [-0.25, -0.2) is 4.79 Å². The summed E-state index contributed by atoms with van der Waals surface area (Å²) in [4.78, 5) is 12.5. The van der Waals surface area contributed by atoms with Gasteiger partial charge in [0.25, 0.3) is 10.1 Å². The SMILES string of the molecule is Cc1ccc(S(=O)(=O)OC[C@H]2Cc3c(C#N)cccc3[C@@H]2NC(=O)OC(C)(C)C)cc1. The van der Waals surface area contributed by atoms with E-state index in [0.717, 1.165) is 16.7 Å². The largest absolute Gasteiger partial charge is 0.444 e. The molecule has 1 aliphatic rings. The van der Waals surface area contributed by atoms with Crippen molar-refractivity contribution in [1.82, 2.24) is 5.32 Å². The van der Waals surface area contributed by atoms with Gasteiger partial charge in [-0.1, -0.05) is 29.8 Å². The molecule has 0 unspecified atom stereocenters. The molecule has 8 heteroatoms. The number of alkyl carbamates (subject to hydrolysis) is 1. The number of hydrogen-bond acceptors (Lipinski definition) is 6. The number of fused-ring (bicyclic) bond motifs is 1. The van der Waals surface area contributed by atoms with Gasteiger partial charge >= 0.3 is 6.09 Å². The van der Waals surface area contributed by atoms with Crippen LogP contribution in [0.15, 0.2) is 47.4 Å². The van der Waals surface area contributed by atoms with E-state index in [9.17, 15) is 18.5 Å². The number of nitriles is 1. The second-order valence-electron chi connectivity index (χ2n) is 8.62. The van der Waals surface area contributed by atoms with Gasteiger partial charge in [0.15, 0.2) is 0 Å². The molecule has 7 nitrogen and oxygen atoms in total. The first kappa shape index (κ1) is 22.8. The minimum absolute atomic E-state index is 0.0722. The van der Waals surface area contributed by atoms with E-state index in [1.54, 1.807) is 45.0 Å². The Balaban J connectivity index is 1.83.